The first kappa shape index (κ1) is 16.0. The molecule has 0 aromatic heterocycles. The van der Waals surface area contributed by atoms with Crippen molar-refractivity contribution in [1.82, 2.24) is 4.72 Å². The second-order valence-corrected chi connectivity index (χ2v) is 5.69. The van der Waals surface area contributed by atoms with Crippen molar-refractivity contribution in [3.05, 3.63) is 29.3 Å². The summed E-state index contributed by atoms with van der Waals surface area (Å²) in [7, 11) is -4.45. The number of hydrogen-bond acceptors (Lipinski definition) is 4. The predicted octanol–water partition coefficient (Wildman–Crippen LogP) is 1.10. The number of nitrogens with one attached hydrogen (secondary N) is 1. The Morgan fingerprint density at radius 3 is 2.60 bits per heavy atom. The van der Waals surface area contributed by atoms with Crippen molar-refractivity contribution in [2.45, 2.75) is 11.8 Å². The minimum atomic E-state index is -4.45. The number of halogens is 2. The van der Waals surface area contributed by atoms with Crippen LogP contribution in [0.5, 0.6) is 0 Å². The molecular weight excluding hydrogens is 294 g/mol. The van der Waals surface area contributed by atoms with E-state index in [4.69, 9.17) is 10.4 Å². The molecule has 0 fully saturated rings. The van der Waals surface area contributed by atoms with Gasteiger partial charge >= 0.3 is 5.97 Å². The third kappa shape index (κ3) is 3.49. The van der Waals surface area contributed by atoms with Gasteiger partial charge in [0.05, 0.1) is 17.6 Å². The van der Waals surface area contributed by atoms with Crippen LogP contribution < -0.4 is 4.72 Å². The third-order valence-corrected chi connectivity index (χ3v) is 3.75. The lowest BCUT2D eigenvalue weighted by Crippen LogP contribution is -2.29. The van der Waals surface area contributed by atoms with Gasteiger partial charge in [-0.15, -0.1) is 0 Å². The first-order valence-corrected chi connectivity index (χ1v) is 6.79. The van der Waals surface area contributed by atoms with Crippen LogP contribution in [0.2, 0.25) is 0 Å². The molecule has 0 heterocycles. The van der Waals surface area contributed by atoms with E-state index in [1.807, 2.05) is 4.72 Å². The Kier molecular flexibility index (Phi) is 4.75. The highest BCUT2D eigenvalue weighted by atomic mass is 32.2. The lowest BCUT2D eigenvalue weighted by molar-refractivity contribution is 0.0696. The quantitative estimate of drug-likeness (QED) is 0.847. The van der Waals surface area contributed by atoms with Crippen molar-refractivity contribution < 1.29 is 27.1 Å². The molecule has 0 aliphatic carbocycles. The van der Waals surface area contributed by atoms with Gasteiger partial charge in [-0.1, -0.05) is 0 Å². The molecule has 0 saturated carbocycles. The second kappa shape index (κ2) is 5.94. The van der Waals surface area contributed by atoms with Crippen molar-refractivity contribution in [2.24, 2.45) is 5.92 Å². The standard InChI is InChI=1S/C11H10F2N2O4S/c1-6(4-14)5-15-20(18,19)9-3-7(11(16)17)2-8(12)10(9)13/h2-3,6,15H,5H2,1H3,(H,16,17). The molecule has 0 saturated heterocycles. The number of aromatic carboxylic acids is 1. The van der Waals surface area contributed by atoms with Crippen LogP contribution in [0.15, 0.2) is 17.0 Å². The lowest BCUT2D eigenvalue weighted by atomic mass is 10.2. The van der Waals surface area contributed by atoms with Crippen molar-refractivity contribution in [3.63, 3.8) is 0 Å². The molecule has 6 nitrogen and oxygen atoms in total. The Morgan fingerprint density at radius 1 is 1.50 bits per heavy atom. The van der Waals surface area contributed by atoms with E-state index in [0.29, 0.717) is 12.1 Å². The largest absolute Gasteiger partial charge is 0.478 e. The highest BCUT2D eigenvalue weighted by molar-refractivity contribution is 7.89. The second-order valence-electron chi connectivity index (χ2n) is 3.96. The first-order chi connectivity index (χ1) is 9.19. The zero-order valence-corrected chi connectivity index (χ0v) is 11.0. The molecule has 0 aliphatic rings. The van der Waals surface area contributed by atoms with Gasteiger partial charge in [0, 0.05) is 6.54 Å². The third-order valence-electron chi connectivity index (χ3n) is 2.33. The van der Waals surface area contributed by atoms with Gasteiger partial charge in [0.15, 0.2) is 11.6 Å². The number of nitriles is 1. The molecule has 9 heteroatoms. The van der Waals surface area contributed by atoms with E-state index >= 15 is 0 Å². The molecule has 0 radical (unpaired) electrons. The van der Waals surface area contributed by atoms with Gasteiger partial charge in [0.1, 0.15) is 4.90 Å². The molecule has 108 valence electrons. The summed E-state index contributed by atoms with van der Waals surface area (Å²) in [5.41, 5.74) is -0.697. The minimum absolute atomic E-state index is 0.308. The Hall–Kier alpha value is -2.05. The normalized spacial score (nSPS) is 12.7. The highest BCUT2D eigenvalue weighted by Gasteiger charge is 2.24. The van der Waals surface area contributed by atoms with Gasteiger partial charge in [-0.05, 0) is 19.1 Å². The molecule has 1 aromatic carbocycles. The van der Waals surface area contributed by atoms with Gasteiger partial charge < -0.3 is 5.11 Å². The Bertz CT molecular complexity index is 682. The Labute approximate surface area is 113 Å². The fourth-order valence-electron chi connectivity index (χ4n) is 1.24. The zero-order chi connectivity index (χ0) is 15.5. The van der Waals surface area contributed by atoms with E-state index in [0.717, 1.165) is 0 Å². The number of carboxylic acids is 1. The number of benzene rings is 1. The number of nitrogens with zero attached hydrogens (tertiary/aromatic N) is 1. The summed E-state index contributed by atoms with van der Waals surface area (Å²) in [6.45, 7) is 1.12. The summed E-state index contributed by atoms with van der Waals surface area (Å²) in [5.74, 6) is -5.53. The van der Waals surface area contributed by atoms with Crippen molar-refractivity contribution in [3.8, 4) is 6.07 Å². The molecule has 2 N–H and O–H groups in total. The van der Waals surface area contributed by atoms with Gasteiger partial charge in [0.2, 0.25) is 10.0 Å². The molecule has 1 unspecified atom stereocenters. The van der Waals surface area contributed by atoms with E-state index in [1.165, 1.54) is 6.92 Å². The molecule has 1 atom stereocenters. The van der Waals surface area contributed by atoms with Crippen LogP contribution in [-0.4, -0.2) is 26.0 Å². The number of carbonyl (C=O) groups is 1. The Morgan fingerprint density at radius 2 is 2.10 bits per heavy atom. The van der Waals surface area contributed by atoms with Crippen molar-refractivity contribution in [2.75, 3.05) is 6.54 Å². The van der Waals surface area contributed by atoms with E-state index in [1.54, 1.807) is 6.07 Å². The van der Waals surface area contributed by atoms with Gasteiger partial charge in [-0.2, -0.15) is 5.26 Å². The summed E-state index contributed by atoms with van der Waals surface area (Å²) in [6, 6.07) is 2.65. The van der Waals surface area contributed by atoms with Crippen LogP contribution in [0.25, 0.3) is 0 Å². The highest BCUT2D eigenvalue weighted by Crippen LogP contribution is 2.20. The minimum Gasteiger partial charge on any atom is -0.478 e. The van der Waals surface area contributed by atoms with Crippen LogP contribution in [-0.2, 0) is 10.0 Å². The molecule has 0 bridgehead atoms. The Balaban J connectivity index is 3.24. The number of carboxylic acid groups (broad SMARTS) is 1. The fourth-order valence-corrected chi connectivity index (χ4v) is 2.48. The molecule has 1 aromatic rings. The summed E-state index contributed by atoms with van der Waals surface area (Å²) < 4.78 is 52.2. The monoisotopic (exact) mass is 304 g/mol. The number of rotatable bonds is 5. The smallest absolute Gasteiger partial charge is 0.335 e. The molecule has 1 rings (SSSR count). The number of sulfonamides is 1. The number of hydrogen-bond donors (Lipinski definition) is 2. The molecule has 0 amide bonds. The SMILES string of the molecule is CC(C#N)CNS(=O)(=O)c1cc(C(=O)O)cc(F)c1F. The lowest BCUT2D eigenvalue weighted by Gasteiger charge is -2.09. The first-order valence-electron chi connectivity index (χ1n) is 5.30. The fraction of sp³-hybridized carbons (Fsp3) is 0.273. The van der Waals surface area contributed by atoms with Gasteiger partial charge in [-0.3, -0.25) is 0 Å². The van der Waals surface area contributed by atoms with E-state index in [2.05, 4.69) is 0 Å². The maximum atomic E-state index is 13.5. The van der Waals surface area contributed by atoms with E-state index < -0.39 is 44.0 Å². The van der Waals surface area contributed by atoms with Crippen molar-refractivity contribution in [1.29, 1.82) is 5.26 Å². The topological polar surface area (TPSA) is 107 Å². The summed E-state index contributed by atoms with van der Waals surface area (Å²) in [6.07, 6.45) is 0. The maximum Gasteiger partial charge on any atom is 0.335 e. The van der Waals surface area contributed by atoms with Crippen LogP contribution in [0.3, 0.4) is 0 Å². The van der Waals surface area contributed by atoms with E-state index in [9.17, 15) is 22.0 Å². The molecule has 20 heavy (non-hydrogen) atoms. The van der Waals surface area contributed by atoms with E-state index in [-0.39, 0.29) is 6.54 Å². The predicted molar refractivity (Wildman–Crippen MR) is 63.3 cm³/mol. The summed E-state index contributed by atoms with van der Waals surface area (Å²) >= 11 is 0. The van der Waals surface area contributed by atoms with Crippen LogP contribution in [0.1, 0.15) is 17.3 Å². The molecular formula is C11H10F2N2O4S. The van der Waals surface area contributed by atoms with Gasteiger partial charge in [0.25, 0.3) is 0 Å². The zero-order valence-electron chi connectivity index (χ0n) is 10.2. The van der Waals surface area contributed by atoms with Gasteiger partial charge in [-0.25, -0.2) is 26.7 Å². The van der Waals surface area contributed by atoms with Crippen LogP contribution >= 0.6 is 0 Å². The molecule has 0 aliphatic heterocycles. The maximum absolute atomic E-state index is 13.5. The van der Waals surface area contributed by atoms with Crippen LogP contribution in [0, 0.1) is 28.9 Å². The molecule has 0 spiro atoms. The average molecular weight is 304 g/mol. The summed E-state index contributed by atoms with van der Waals surface area (Å²) in [4.78, 5) is 9.60. The van der Waals surface area contributed by atoms with Crippen LogP contribution in [0.4, 0.5) is 8.78 Å². The summed E-state index contributed by atoms with van der Waals surface area (Å²) in [5, 5.41) is 17.2. The van der Waals surface area contributed by atoms with Crippen molar-refractivity contribution >= 4 is 16.0 Å². The average Bonchev–Trinajstić information content (AvgIpc) is 2.38.